The fourth-order valence-electron chi connectivity index (χ4n) is 6.72. The summed E-state index contributed by atoms with van der Waals surface area (Å²) in [5.74, 6) is 0.574. The number of aromatic nitrogens is 6. The quantitative estimate of drug-likeness (QED) is 0.0514. The number of carbonyl (C=O) groups is 2. The van der Waals surface area contributed by atoms with Gasteiger partial charge in [-0.2, -0.15) is 36.5 Å². The first-order chi connectivity index (χ1) is 32.1. The Hall–Kier alpha value is -3.80. The van der Waals surface area contributed by atoms with Crippen molar-refractivity contribution >= 4 is 78.0 Å². The maximum absolute atomic E-state index is 12.9. The molecule has 380 valence electrons. The van der Waals surface area contributed by atoms with Crippen molar-refractivity contribution in [1.29, 1.82) is 0 Å². The molecule has 4 heterocycles. The number of halogens is 10. The van der Waals surface area contributed by atoms with Crippen LogP contribution in [0.1, 0.15) is 120 Å². The summed E-state index contributed by atoms with van der Waals surface area (Å²) in [6.45, 7) is 8.99. The van der Waals surface area contributed by atoms with Crippen molar-refractivity contribution in [1.82, 2.24) is 45.9 Å². The molecule has 11 nitrogen and oxygen atoms in total. The van der Waals surface area contributed by atoms with E-state index in [1.165, 1.54) is 67.2 Å². The number of hydrogen-bond acceptors (Lipinski definition) is 7. The van der Waals surface area contributed by atoms with Crippen molar-refractivity contribution < 1.29 is 48.7 Å². The number of amides is 2. The first kappa shape index (κ1) is 61.3. The summed E-state index contributed by atoms with van der Waals surface area (Å²) in [7, 11) is 2.08. The van der Waals surface area contributed by atoms with Crippen molar-refractivity contribution in [3.05, 3.63) is 156 Å². The van der Waals surface area contributed by atoms with Crippen molar-refractivity contribution in [3.63, 3.8) is 0 Å². The third kappa shape index (κ3) is 19.7. The molecule has 0 radical (unpaired) electrons. The van der Waals surface area contributed by atoms with Crippen LogP contribution in [0.5, 0.6) is 0 Å². The minimum absolute atomic E-state index is 0. The molecule has 0 saturated heterocycles. The van der Waals surface area contributed by atoms with Crippen LogP contribution in [-0.4, -0.2) is 54.8 Å². The number of pyridine rings is 2. The van der Waals surface area contributed by atoms with Gasteiger partial charge in [-0.25, -0.2) is 14.6 Å². The molecule has 1 saturated carbocycles. The van der Waals surface area contributed by atoms with Crippen molar-refractivity contribution in [2.24, 2.45) is 5.92 Å². The van der Waals surface area contributed by atoms with Crippen LogP contribution < -0.4 is 16.0 Å². The molecule has 2 aromatic carbocycles. The number of hydrogen-bond donors (Lipinski definition) is 4. The SMILES string of the molecule is C.CN[C@H]1CCCC[C@@H]1C.Cc1[nH]ncc1C(=O)NC(C)c1cccc(C(F)(F)F)c1.Cc1c(C(=O)NC(C)c2cccc(C(F)(F)F)c2)cnn1-c1ccc(Cl)cn1.Clc1ccc(I)nc1.[Cu][I]. The topological polar surface area (TPSA) is 143 Å². The van der Waals surface area contributed by atoms with Gasteiger partial charge >= 0.3 is 45.5 Å². The van der Waals surface area contributed by atoms with E-state index in [4.69, 9.17) is 23.2 Å². The van der Waals surface area contributed by atoms with E-state index >= 15 is 0 Å². The fraction of sp³-hybridized carbons (Fsp3) is 0.362. The molecule has 4 N–H and O–H groups in total. The molecule has 0 spiro atoms. The van der Waals surface area contributed by atoms with Crippen LogP contribution in [0.15, 0.2) is 97.6 Å². The number of carbonyl (C=O) groups excluding carboxylic acids is 2. The number of nitrogens with one attached hydrogen (secondary N) is 4. The monoisotopic (exact) mass is 1280 g/mol. The average Bonchev–Trinajstić information content (AvgIpc) is 3.93. The molecule has 1 aliphatic carbocycles. The Morgan fingerprint density at radius 3 is 1.68 bits per heavy atom. The Morgan fingerprint density at radius 1 is 0.768 bits per heavy atom. The van der Waals surface area contributed by atoms with Gasteiger partial charge in [0.25, 0.3) is 11.8 Å². The van der Waals surface area contributed by atoms with Gasteiger partial charge in [0, 0.05) is 24.1 Å². The van der Waals surface area contributed by atoms with Crippen molar-refractivity contribution in [3.8, 4) is 5.82 Å². The maximum atomic E-state index is 12.9. The van der Waals surface area contributed by atoms with Crippen LogP contribution in [0.4, 0.5) is 26.3 Å². The van der Waals surface area contributed by atoms with Crippen LogP contribution in [-0.2, 0) is 25.1 Å². The normalized spacial score (nSPS) is 15.0. The minimum atomic E-state index is -4.44. The molecular formula is C47H54Cl2CuF6I2N9O2. The standard InChI is InChI=1S/C19H16ClF3N4O.C14H14F3N3O.C8H17N.C5H3ClIN.CH4.Cu.HI/c1-11(13-4-3-5-14(8-13)19(21,22)23)26-18(28)16-10-25-27(12(16)2)17-7-6-15(20)9-24-17;1-8(19-13(21)12-7-18-20-9(12)2)10-4-3-5-11(6-10)14(15,16)17;1-7-5-3-4-6-8(7)9-2;6-4-1-2-5(7)8-3-4;;;/h3-11H,1-2H3,(H,26,28);3-8H,1-2H3,(H,18,20)(H,19,21);7-9H,3-6H2,1-2H3;1-3H;1H4;;1H/q;;;;;+1;/p-1/t;;7-,8-;;;;/m..0..../s1. The number of aryl methyl sites for hydroxylation is 1. The fourth-order valence-corrected chi connectivity index (χ4v) is 7.27. The van der Waals surface area contributed by atoms with Gasteiger partial charge in [0.05, 0.1) is 62.5 Å². The summed E-state index contributed by atoms with van der Waals surface area (Å²) in [6.07, 6.45) is 2.70. The van der Waals surface area contributed by atoms with Gasteiger partial charge in [0.1, 0.15) is 3.70 Å². The number of alkyl halides is 6. The summed E-state index contributed by atoms with van der Waals surface area (Å²) in [5.41, 5.74) is 1.06. The molecule has 7 rings (SSSR count). The predicted molar refractivity (Wildman–Crippen MR) is 272 cm³/mol. The number of rotatable bonds is 8. The van der Waals surface area contributed by atoms with E-state index in [-0.39, 0.29) is 13.3 Å². The first-order valence-corrected chi connectivity index (χ1v) is 25.6. The molecule has 6 aromatic rings. The number of nitrogens with zero attached hydrogens (tertiary/aromatic N) is 5. The molecule has 0 bridgehead atoms. The van der Waals surface area contributed by atoms with E-state index in [2.05, 4.69) is 90.5 Å². The molecule has 4 atom stereocenters. The summed E-state index contributed by atoms with van der Waals surface area (Å²) in [4.78, 5) is 32.7. The second-order valence-corrected chi connectivity index (χ2v) is 17.4. The Morgan fingerprint density at radius 2 is 1.28 bits per heavy atom. The molecule has 69 heavy (non-hydrogen) atoms. The van der Waals surface area contributed by atoms with Gasteiger partial charge in [-0.15, -0.1) is 0 Å². The van der Waals surface area contributed by atoms with Crippen LogP contribution in [0.2, 0.25) is 10.0 Å². The molecular weight excluding hydrogens is 1220 g/mol. The zero-order valence-electron chi connectivity index (χ0n) is 37.5. The van der Waals surface area contributed by atoms with Crippen LogP contribution in [0, 0.1) is 23.5 Å². The second-order valence-electron chi connectivity index (χ2n) is 15.4. The predicted octanol–water partition coefficient (Wildman–Crippen LogP) is 13.6. The van der Waals surface area contributed by atoms with Gasteiger partial charge in [-0.05, 0) is 136 Å². The Kier molecular flexibility index (Phi) is 26.2. The first-order valence-electron chi connectivity index (χ1n) is 20.8. The summed E-state index contributed by atoms with van der Waals surface area (Å²) in [6, 6.07) is 16.4. The van der Waals surface area contributed by atoms with E-state index in [1.54, 1.807) is 72.4 Å². The molecule has 2 unspecified atom stereocenters. The average molecular weight is 1280 g/mol. The Labute approximate surface area is 442 Å². The summed E-state index contributed by atoms with van der Waals surface area (Å²) >= 11 is 19.4. The Bertz CT molecular complexity index is 2470. The van der Waals surface area contributed by atoms with Crippen LogP contribution >= 0.6 is 66.1 Å². The number of benzene rings is 2. The molecule has 1 fully saturated rings. The molecule has 2 amide bonds. The number of aromatic amines is 1. The third-order valence-electron chi connectivity index (χ3n) is 10.6. The zero-order chi connectivity index (χ0) is 50.8. The number of H-pyrrole nitrogens is 1. The second kappa shape index (κ2) is 29.5. The van der Waals surface area contributed by atoms with Crippen molar-refractivity contribution in [2.75, 3.05) is 7.05 Å². The van der Waals surface area contributed by atoms with Gasteiger partial charge in [0.2, 0.25) is 0 Å². The molecule has 4 aromatic heterocycles. The summed E-state index contributed by atoms with van der Waals surface area (Å²) in [5, 5.41) is 20.4. The Balaban J connectivity index is 0.000000347. The van der Waals surface area contributed by atoms with Crippen LogP contribution in [0.25, 0.3) is 5.82 Å². The van der Waals surface area contributed by atoms with E-state index < -0.39 is 41.5 Å². The molecule has 1 aliphatic rings. The van der Waals surface area contributed by atoms with E-state index in [0.29, 0.717) is 49.5 Å². The third-order valence-corrected chi connectivity index (χ3v) is 11.6. The van der Waals surface area contributed by atoms with Gasteiger partial charge in [-0.3, -0.25) is 14.7 Å². The summed E-state index contributed by atoms with van der Waals surface area (Å²) < 4.78 is 79.1. The van der Waals surface area contributed by atoms with Crippen molar-refractivity contribution in [2.45, 2.75) is 98.2 Å². The van der Waals surface area contributed by atoms with E-state index in [1.807, 2.05) is 12.1 Å². The molecule has 22 heteroatoms. The van der Waals surface area contributed by atoms with Crippen LogP contribution in [0.3, 0.4) is 0 Å². The van der Waals surface area contributed by atoms with Gasteiger partial charge in [0.15, 0.2) is 5.82 Å². The van der Waals surface area contributed by atoms with Gasteiger partial charge in [-0.1, -0.05) is 74.7 Å². The molecule has 0 aliphatic heterocycles. The van der Waals surface area contributed by atoms with E-state index in [0.717, 1.165) is 39.9 Å². The zero-order valence-corrected chi connectivity index (χ0v) is 44.3. The van der Waals surface area contributed by atoms with E-state index in [9.17, 15) is 35.9 Å². The van der Waals surface area contributed by atoms with Gasteiger partial charge < -0.3 is 16.0 Å².